The molecule has 0 heterocycles. The molecular weight excluding hydrogens is 229 g/mol. The van der Waals surface area contributed by atoms with Crippen molar-refractivity contribution in [3.63, 3.8) is 0 Å². The van der Waals surface area contributed by atoms with Gasteiger partial charge in [0.2, 0.25) is 0 Å². The van der Waals surface area contributed by atoms with Gasteiger partial charge in [-0.2, -0.15) is 0 Å². The molecule has 0 N–H and O–H groups in total. The number of hydrogen-bond donors (Lipinski definition) is 0. The molecule has 0 saturated heterocycles. The number of hydrogen-bond acceptors (Lipinski definition) is 1. The number of nitrogens with zero attached hydrogens (tertiary/aromatic N) is 3. The van der Waals surface area contributed by atoms with E-state index in [1.165, 1.54) is 12.1 Å². The van der Waals surface area contributed by atoms with Gasteiger partial charge >= 0.3 is 0 Å². The molecular formula is C11H9ClFN3. The maximum absolute atomic E-state index is 13.1. The Morgan fingerprint density at radius 1 is 1.56 bits per heavy atom. The van der Waals surface area contributed by atoms with Crippen LogP contribution in [0.3, 0.4) is 0 Å². The van der Waals surface area contributed by atoms with Crippen molar-refractivity contribution >= 4 is 11.6 Å². The van der Waals surface area contributed by atoms with E-state index in [0.29, 0.717) is 29.1 Å². The van der Waals surface area contributed by atoms with Crippen molar-refractivity contribution in [2.24, 2.45) is 5.11 Å². The van der Waals surface area contributed by atoms with Crippen molar-refractivity contribution in [3.05, 3.63) is 44.5 Å². The van der Waals surface area contributed by atoms with Crippen molar-refractivity contribution in [1.29, 1.82) is 0 Å². The Balaban J connectivity index is 2.81. The number of azide groups is 1. The average molecular weight is 238 g/mol. The van der Waals surface area contributed by atoms with E-state index in [0.717, 1.165) is 0 Å². The van der Waals surface area contributed by atoms with Crippen LogP contribution in [0.4, 0.5) is 4.39 Å². The molecule has 0 saturated carbocycles. The quantitative estimate of drug-likeness (QED) is 0.247. The summed E-state index contributed by atoms with van der Waals surface area (Å²) in [7, 11) is 0. The average Bonchev–Trinajstić information content (AvgIpc) is 2.28. The van der Waals surface area contributed by atoms with E-state index in [2.05, 4.69) is 21.9 Å². The second-order valence-electron chi connectivity index (χ2n) is 3.04. The molecule has 0 unspecified atom stereocenters. The molecule has 0 aliphatic heterocycles. The summed E-state index contributed by atoms with van der Waals surface area (Å²) in [5.41, 5.74) is 9.02. The molecule has 0 aliphatic rings. The van der Waals surface area contributed by atoms with Crippen molar-refractivity contribution in [3.8, 4) is 11.8 Å². The molecule has 0 fully saturated rings. The maximum atomic E-state index is 13.1. The molecule has 0 atom stereocenters. The van der Waals surface area contributed by atoms with Gasteiger partial charge in [0.05, 0.1) is 5.02 Å². The summed E-state index contributed by atoms with van der Waals surface area (Å²) in [6.07, 6.45) is 0.455. The molecule has 82 valence electrons. The molecule has 0 radical (unpaired) electrons. The lowest BCUT2D eigenvalue weighted by molar-refractivity contribution is 0.618. The second kappa shape index (κ2) is 6.02. The summed E-state index contributed by atoms with van der Waals surface area (Å²) in [5.74, 6) is 5.27. The van der Waals surface area contributed by atoms with Gasteiger partial charge in [-0.25, -0.2) is 4.39 Å². The smallest absolute Gasteiger partial charge is 0.127 e. The lowest BCUT2D eigenvalue weighted by Crippen LogP contribution is -1.87. The topological polar surface area (TPSA) is 48.8 Å². The van der Waals surface area contributed by atoms with E-state index in [1.807, 2.05) is 0 Å². The van der Waals surface area contributed by atoms with Gasteiger partial charge in [0, 0.05) is 29.0 Å². The van der Waals surface area contributed by atoms with Gasteiger partial charge in [0.1, 0.15) is 5.82 Å². The third-order valence-corrected chi connectivity index (χ3v) is 2.43. The first-order valence-electron chi connectivity index (χ1n) is 4.61. The van der Waals surface area contributed by atoms with E-state index in [1.54, 1.807) is 6.92 Å². The van der Waals surface area contributed by atoms with Gasteiger partial charge in [-0.15, -0.1) is 0 Å². The predicted octanol–water partition coefficient (Wildman–Crippen LogP) is 3.84. The monoisotopic (exact) mass is 237 g/mol. The molecule has 0 bridgehead atoms. The van der Waals surface area contributed by atoms with E-state index in [-0.39, 0.29) is 5.82 Å². The fourth-order valence-corrected chi connectivity index (χ4v) is 1.27. The lowest BCUT2D eigenvalue weighted by Gasteiger charge is -2.01. The zero-order valence-electron chi connectivity index (χ0n) is 8.67. The van der Waals surface area contributed by atoms with Crippen molar-refractivity contribution in [1.82, 2.24) is 0 Å². The molecule has 1 aromatic carbocycles. The largest absolute Gasteiger partial charge is 0.207 e. The zero-order chi connectivity index (χ0) is 12.0. The molecule has 0 amide bonds. The van der Waals surface area contributed by atoms with Gasteiger partial charge < -0.3 is 0 Å². The van der Waals surface area contributed by atoms with E-state index < -0.39 is 0 Å². The second-order valence-corrected chi connectivity index (χ2v) is 3.42. The Bertz CT molecular complexity index is 496. The summed E-state index contributed by atoms with van der Waals surface area (Å²) in [5, 5.41) is 3.67. The van der Waals surface area contributed by atoms with Crippen LogP contribution in [0.15, 0.2) is 17.2 Å². The van der Waals surface area contributed by atoms with Crippen molar-refractivity contribution < 1.29 is 4.39 Å². The SMILES string of the molecule is Cc1c(F)ccc(C#CCCN=[N+]=[N-])c1Cl. The number of rotatable bonds is 2. The molecule has 16 heavy (non-hydrogen) atoms. The zero-order valence-corrected chi connectivity index (χ0v) is 9.42. The first-order chi connectivity index (χ1) is 7.66. The molecule has 0 spiro atoms. The Morgan fingerprint density at radius 2 is 2.31 bits per heavy atom. The van der Waals surface area contributed by atoms with Gasteiger partial charge in [-0.1, -0.05) is 28.6 Å². The lowest BCUT2D eigenvalue weighted by atomic mass is 10.1. The number of benzene rings is 1. The first-order valence-corrected chi connectivity index (χ1v) is 4.99. The third-order valence-electron chi connectivity index (χ3n) is 1.94. The van der Waals surface area contributed by atoms with Crippen LogP contribution in [0.1, 0.15) is 17.5 Å². The summed E-state index contributed by atoms with van der Waals surface area (Å²) in [6, 6.07) is 2.86. The molecule has 1 rings (SSSR count). The number of halogens is 2. The highest BCUT2D eigenvalue weighted by Crippen LogP contribution is 2.22. The Morgan fingerprint density at radius 3 is 3.00 bits per heavy atom. The maximum Gasteiger partial charge on any atom is 0.127 e. The van der Waals surface area contributed by atoms with E-state index in [9.17, 15) is 4.39 Å². The van der Waals surface area contributed by atoms with Crippen LogP contribution in [0, 0.1) is 24.6 Å². The third kappa shape index (κ3) is 3.16. The van der Waals surface area contributed by atoms with Crippen LogP contribution in [-0.4, -0.2) is 6.54 Å². The highest BCUT2D eigenvalue weighted by molar-refractivity contribution is 6.32. The summed E-state index contributed by atoms with van der Waals surface area (Å²) < 4.78 is 13.1. The normalized spacial score (nSPS) is 8.94. The predicted molar refractivity (Wildman–Crippen MR) is 61.7 cm³/mol. The van der Waals surface area contributed by atoms with Crippen LogP contribution >= 0.6 is 11.6 Å². The van der Waals surface area contributed by atoms with Crippen LogP contribution in [0.25, 0.3) is 10.4 Å². The van der Waals surface area contributed by atoms with Gasteiger partial charge in [-0.3, -0.25) is 0 Å². The minimum atomic E-state index is -0.343. The highest BCUT2D eigenvalue weighted by atomic mass is 35.5. The minimum absolute atomic E-state index is 0.321. The fourth-order valence-electron chi connectivity index (χ4n) is 1.07. The Kier molecular flexibility index (Phi) is 4.65. The van der Waals surface area contributed by atoms with Crippen LogP contribution in [0.5, 0.6) is 0 Å². The Labute approximate surface area is 97.9 Å². The van der Waals surface area contributed by atoms with Crippen molar-refractivity contribution in [2.45, 2.75) is 13.3 Å². The highest BCUT2D eigenvalue weighted by Gasteiger charge is 2.05. The molecule has 1 aromatic rings. The molecule has 0 aromatic heterocycles. The molecule has 0 aliphatic carbocycles. The minimum Gasteiger partial charge on any atom is -0.207 e. The van der Waals surface area contributed by atoms with E-state index in [4.69, 9.17) is 17.1 Å². The standard InChI is InChI=1S/C11H9ClFN3/c1-8-10(13)6-5-9(11(8)12)4-2-3-7-15-16-14/h5-6H,3,7H2,1H3. The van der Waals surface area contributed by atoms with Crippen LogP contribution < -0.4 is 0 Å². The molecule has 3 nitrogen and oxygen atoms in total. The fraction of sp³-hybridized carbons (Fsp3) is 0.273. The van der Waals surface area contributed by atoms with Crippen LogP contribution in [-0.2, 0) is 0 Å². The summed E-state index contributed by atoms with van der Waals surface area (Å²) in [4.78, 5) is 2.61. The Hall–Kier alpha value is -1.69. The summed E-state index contributed by atoms with van der Waals surface area (Å²) >= 11 is 5.91. The van der Waals surface area contributed by atoms with E-state index >= 15 is 0 Å². The summed E-state index contributed by atoms with van der Waals surface area (Å²) in [6.45, 7) is 1.92. The van der Waals surface area contributed by atoms with Gasteiger partial charge in [0.25, 0.3) is 0 Å². The van der Waals surface area contributed by atoms with Crippen LogP contribution in [0.2, 0.25) is 5.02 Å². The van der Waals surface area contributed by atoms with Gasteiger partial charge in [0.15, 0.2) is 0 Å². The first kappa shape index (κ1) is 12.4. The van der Waals surface area contributed by atoms with Gasteiger partial charge in [-0.05, 0) is 24.6 Å². The molecule has 5 heteroatoms. The van der Waals surface area contributed by atoms with Crippen molar-refractivity contribution in [2.75, 3.05) is 6.54 Å².